The number of benzene rings is 2. The molecule has 0 saturated carbocycles. The predicted octanol–water partition coefficient (Wildman–Crippen LogP) is 5.75. The van der Waals surface area contributed by atoms with E-state index in [4.69, 9.17) is 5.11 Å². The molecule has 70 heavy (non-hydrogen) atoms. The van der Waals surface area contributed by atoms with Gasteiger partial charge in [0.05, 0.1) is 18.2 Å². The molecule has 16 nitrogen and oxygen atoms in total. The lowest BCUT2D eigenvalue weighted by atomic mass is 9.83. The summed E-state index contributed by atoms with van der Waals surface area (Å²) < 4.78 is 31.8. The van der Waals surface area contributed by atoms with E-state index in [9.17, 15) is 42.7 Å². The van der Waals surface area contributed by atoms with Crippen molar-refractivity contribution in [1.29, 1.82) is 0 Å². The minimum Gasteiger partial charge on any atom is -0.481 e. The highest BCUT2D eigenvalue weighted by Crippen LogP contribution is 2.41. The number of carboxylic acid groups (broad SMARTS) is 1. The number of carbonyl (C=O) groups excluding carboxylic acids is 7. The molecule has 1 aromatic heterocycles. The van der Waals surface area contributed by atoms with Gasteiger partial charge in [0.1, 0.15) is 23.7 Å². The minimum atomic E-state index is -1.04. The summed E-state index contributed by atoms with van der Waals surface area (Å²) in [6.07, 6.45) is 6.02. The van der Waals surface area contributed by atoms with Crippen molar-refractivity contribution in [3.05, 3.63) is 95.8 Å². The molecule has 380 valence electrons. The Hall–Kier alpha value is -6.37. The first-order valence-corrected chi connectivity index (χ1v) is 24.8. The number of unbranched alkanes of at least 4 members (excludes halogenated alkanes) is 2. The van der Waals surface area contributed by atoms with Crippen molar-refractivity contribution >= 4 is 59.1 Å². The molecular formula is C51H67F2N7O9S. The summed E-state index contributed by atoms with van der Waals surface area (Å²) in [7, 11) is 0. The van der Waals surface area contributed by atoms with Crippen molar-refractivity contribution in [2.24, 2.45) is 11.3 Å². The highest BCUT2D eigenvalue weighted by molar-refractivity contribution is 7.99. The third kappa shape index (κ3) is 17.5. The quantitative estimate of drug-likeness (QED) is 0.0439. The molecule has 0 bridgehead atoms. The predicted molar refractivity (Wildman–Crippen MR) is 263 cm³/mol. The van der Waals surface area contributed by atoms with E-state index in [2.05, 4.69) is 21.3 Å². The van der Waals surface area contributed by atoms with Crippen molar-refractivity contribution in [3.63, 3.8) is 0 Å². The summed E-state index contributed by atoms with van der Waals surface area (Å²) >= 11 is 1.24. The molecule has 0 saturated heterocycles. The Bertz CT molecular complexity index is 2330. The number of imide groups is 1. The number of aromatic nitrogens is 1. The number of nitrogens with zero attached hydrogens (tertiary/aromatic N) is 3. The molecule has 7 amide bonds. The number of hydrogen-bond acceptors (Lipinski definition) is 9. The average Bonchev–Trinajstić information content (AvgIpc) is 3.85. The first-order chi connectivity index (χ1) is 33.2. The number of thioether (sulfide) groups is 1. The third-order valence-electron chi connectivity index (χ3n) is 11.5. The van der Waals surface area contributed by atoms with E-state index < -0.39 is 53.0 Å². The Morgan fingerprint density at radius 1 is 0.786 bits per heavy atom. The molecule has 0 spiro atoms. The maximum absolute atomic E-state index is 15.3. The number of carboxylic acids is 1. The summed E-state index contributed by atoms with van der Waals surface area (Å²) in [5.74, 6) is -5.05. The van der Waals surface area contributed by atoms with Crippen LogP contribution in [0.2, 0.25) is 0 Å². The van der Waals surface area contributed by atoms with E-state index in [1.54, 1.807) is 31.0 Å². The fourth-order valence-electron chi connectivity index (χ4n) is 7.96. The minimum absolute atomic E-state index is 0.0152. The standard InChI is InChI=1S/C51H67F2N7O9S/c1-33(2)47(57-42(62)16-11-8-12-25-59-43(63)19-20-44(59)64)50(69)56-34(3)49(68)55-23-13-26-60(45(65)32-70-27-22-41(61)54-24-21-46(66)67)48(51(4,5)6)40-28-36(38-29-37(52)17-18-39(38)53)31-58(40)30-35-14-9-7-10-15-35/h7,9-10,14-15,17-20,28-29,31,33-34,47-48H,8,11-13,16,21-27,30,32H2,1-6H3,(H,54,61)(H,55,68)(H,56,69)(H,57,62)(H,66,67)/t34-,47-,48-/m0/s1. The van der Waals surface area contributed by atoms with Crippen LogP contribution in [0.15, 0.2) is 72.9 Å². The molecule has 0 unspecified atom stereocenters. The van der Waals surface area contributed by atoms with Crippen molar-refractivity contribution in [1.82, 2.24) is 35.6 Å². The van der Waals surface area contributed by atoms with Crippen LogP contribution in [-0.4, -0.2) is 117 Å². The van der Waals surface area contributed by atoms with Crippen LogP contribution in [0, 0.1) is 23.0 Å². The summed E-state index contributed by atoms with van der Waals surface area (Å²) in [6, 6.07) is 12.0. The Balaban J connectivity index is 1.46. The first kappa shape index (κ1) is 56.2. The number of aliphatic carboxylic acids is 1. The molecule has 2 heterocycles. The molecular weight excluding hydrogens is 925 g/mol. The molecule has 0 fully saturated rings. The summed E-state index contributed by atoms with van der Waals surface area (Å²) in [5.41, 5.74) is 1.41. The number of nitrogens with one attached hydrogen (secondary N) is 4. The zero-order valence-electron chi connectivity index (χ0n) is 40.9. The number of rotatable bonds is 28. The third-order valence-corrected chi connectivity index (χ3v) is 12.5. The van der Waals surface area contributed by atoms with Gasteiger partial charge in [-0.3, -0.25) is 43.3 Å². The number of hydrogen-bond donors (Lipinski definition) is 5. The lowest BCUT2D eigenvalue weighted by Crippen LogP contribution is -2.54. The second kappa shape index (κ2) is 27.1. The van der Waals surface area contributed by atoms with Gasteiger partial charge in [0.2, 0.25) is 29.5 Å². The van der Waals surface area contributed by atoms with E-state index in [0.29, 0.717) is 37.1 Å². The highest BCUT2D eigenvalue weighted by atomic mass is 32.2. The molecule has 5 N–H and O–H groups in total. The Morgan fingerprint density at radius 3 is 2.14 bits per heavy atom. The fourth-order valence-corrected chi connectivity index (χ4v) is 8.78. The van der Waals surface area contributed by atoms with Crippen LogP contribution in [0.5, 0.6) is 0 Å². The van der Waals surface area contributed by atoms with Crippen LogP contribution in [-0.2, 0) is 44.9 Å². The molecule has 0 radical (unpaired) electrons. The monoisotopic (exact) mass is 991 g/mol. The van der Waals surface area contributed by atoms with Crippen molar-refractivity contribution in [2.75, 3.05) is 37.7 Å². The van der Waals surface area contributed by atoms with E-state index in [1.165, 1.54) is 30.8 Å². The first-order valence-electron chi connectivity index (χ1n) is 23.6. The van der Waals surface area contributed by atoms with Gasteiger partial charge in [0.25, 0.3) is 11.8 Å². The fraction of sp³-hybridized carbons (Fsp3) is 0.490. The topological polar surface area (TPSA) is 216 Å². The molecule has 1 aliphatic rings. The zero-order chi connectivity index (χ0) is 51.5. The van der Waals surface area contributed by atoms with Crippen LogP contribution in [0.4, 0.5) is 8.78 Å². The van der Waals surface area contributed by atoms with E-state index in [-0.39, 0.29) is 104 Å². The normalized spacial score (nSPS) is 13.8. The Morgan fingerprint density at radius 2 is 1.49 bits per heavy atom. The van der Waals surface area contributed by atoms with Gasteiger partial charge in [-0.2, -0.15) is 11.8 Å². The maximum atomic E-state index is 15.3. The van der Waals surface area contributed by atoms with Gasteiger partial charge in [-0.25, -0.2) is 8.78 Å². The van der Waals surface area contributed by atoms with Crippen LogP contribution in [0.1, 0.15) is 104 Å². The maximum Gasteiger partial charge on any atom is 0.305 e. The lowest BCUT2D eigenvalue weighted by Gasteiger charge is -2.41. The second-order valence-corrected chi connectivity index (χ2v) is 19.8. The largest absolute Gasteiger partial charge is 0.481 e. The van der Waals surface area contributed by atoms with E-state index >= 15 is 4.39 Å². The summed E-state index contributed by atoms with van der Waals surface area (Å²) in [5, 5.41) is 19.8. The van der Waals surface area contributed by atoms with Crippen molar-refractivity contribution in [3.8, 4) is 11.1 Å². The molecule has 19 heteroatoms. The van der Waals surface area contributed by atoms with Gasteiger partial charge in [0.15, 0.2) is 0 Å². The van der Waals surface area contributed by atoms with E-state index in [0.717, 1.165) is 28.7 Å². The summed E-state index contributed by atoms with van der Waals surface area (Å²) in [4.78, 5) is 104. The number of amides is 7. The van der Waals surface area contributed by atoms with Crippen LogP contribution in [0.3, 0.4) is 0 Å². The summed E-state index contributed by atoms with van der Waals surface area (Å²) in [6.45, 7) is 11.8. The van der Waals surface area contributed by atoms with Gasteiger partial charge in [-0.1, -0.05) is 71.4 Å². The molecule has 3 aromatic rings. The second-order valence-electron chi connectivity index (χ2n) is 18.7. The molecule has 3 atom stereocenters. The van der Waals surface area contributed by atoms with E-state index in [1.807, 2.05) is 55.7 Å². The Kier molecular flexibility index (Phi) is 21.8. The van der Waals surface area contributed by atoms with Crippen LogP contribution >= 0.6 is 11.8 Å². The smallest absolute Gasteiger partial charge is 0.305 e. The highest BCUT2D eigenvalue weighted by Gasteiger charge is 2.37. The molecule has 0 aliphatic carbocycles. The van der Waals surface area contributed by atoms with Gasteiger partial charge in [0, 0.05) is 86.5 Å². The van der Waals surface area contributed by atoms with Gasteiger partial charge >= 0.3 is 5.97 Å². The SMILES string of the molecule is CC(C)[C@H](NC(=O)CCCCCN1C(=O)C=CC1=O)C(=O)N[C@@H](C)C(=O)NCCCN(C(=O)CSCCC(=O)NCCC(=O)O)[C@@H](c1cc(-c2cc(F)ccc2F)cn1Cc1ccccc1)C(C)(C)C. The molecule has 2 aromatic carbocycles. The number of carbonyl (C=O) groups is 8. The van der Waals surface area contributed by atoms with Gasteiger partial charge < -0.3 is 35.8 Å². The molecule has 4 rings (SSSR count). The van der Waals surface area contributed by atoms with Gasteiger partial charge in [-0.05, 0) is 67.3 Å². The molecule has 1 aliphatic heterocycles. The van der Waals surface area contributed by atoms with Crippen molar-refractivity contribution < 1.29 is 52.2 Å². The van der Waals surface area contributed by atoms with Gasteiger partial charge in [-0.15, -0.1) is 0 Å². The van der Waals surface area contributed by atoms with Crippen LogP contribution in [0.25, 0.3) is 11.1 Å². The zero-order valence-corrected chi connectivity index (χ0v) is 41.7. The lowest BCUT2D eigenvalue weighted by molar-refractivity contribution is -0.138. The van der Waals surface area contributed by atoms with Crippen molar-refractivity contribution in [2.45, 2.75) is 111 Å². The van der Waals surface area contributed by atoms with Crippen LogP contribution < -0.4 is 21.3 Å². The number of halogens is 2. The Labute approximate surface area is 412 Å². The average molecular weight is 992 g/mol.